The highest BCUT2D eigenvalue weighted by molar-refractivity contribution is 6.36. The first-order chi connectivity index (χ1) is 20.0. The first kappa shape index (κ1) is 28.2. The van der Waals surface area contributed by atoms with E-state index in [1.54, 1.807) is 0 Å². The number of piperazine rings is 1. The molecule has 10 heteroatoms. The van der Waals surface area contributed by atoms with Crippen molar-refractivity contribution in [2.75, 3.05) is 69.4 Å². The molecule has 6 rings (SSSR count). The van der Waals surface area contributed by atoms with Crippen LogP contribution < -0.4 is 14.5 Å². The largest absolute Gasteiger partial charge is 0.462 e. The fourth-order valence-electron chi connectivity index (χ4n) is 6.31. The Labute approximate surface area is 246 Å². The Bertz CT molecular complexity index is 1390. The van der Waals surface area contributed by atoms with Crippen molar-refractivity contribution in [1.82, 2.24) is 19.8 Å². The third-order valence-electron chi connectivity index (χ3n) is 8.66. The number of fused-ring (bicyclic) bond motifs is 2. The number of aliphatic hydroxyl groups is 1. The number of aliphatic hydroxyl groups excluding tert-OH is 1. The highest BCUT2D eigenvalue weighted by Crippen LogP contribution is 2.37. The van der Waals surface area contributed by atoms with Crippen molar-refractivity contribution in [2.45, 2.75) is 38.1 Å². The van der Waals surface area contributed by atoms with E-state index in [1.807, 2.05) is 17.0 Å². The summed E-state index contributed by atoms with van der Waals surface area (Å²) in [5.41, 5.74) is 3.25. The van der Waals surface area contributed by atoms with Crippen LogP contribution in [0.1, 0.15) is 24.1 Å². The summed E-state index contributed by atoms with van der Waals surface area (Å²) < 4.78 is 18.8. The highest BCUT2D eigenvalue weighted by Gasteiger charge is 2.30. The average molecular weight is 581 g/mol. The molecular weight excluding hydrogens is 543 g/mol. The monoisotopic (exact) mass is 580 g/mol. The number of nitrogens with zero attached hydrogens (tertiary/aromatic N) is 6. The van der Waals surface area contributed by atoms with Crippen molar-refractivity contribution in [3.8, 4) is 6.01 Å². The number of allylic oxidation sites excluding steroid dienone is 1. The normalized spacial score (nSPS) is 21.1. The standard InChI is InChI=1S/C31H38ClFN6O2/c1-36-14-5-8-23(36)21-41-31-34-26-20-39(27-10-3-7-22-6-2-9-25(32)29(22)27)15-12-24(26)30(35-31)38-18-16-37(17-19-38)28(40)11-4-13-33/h2-4,6-7,9-11,23,28,40H,5,8,12-21H2,1H3/b11-4+/t23-,28?/m0/s1. The van der Waals surface area contributed by atoms with Gasteiger partial charge < -0.3 is 24.5 Å². The van der Waals surface area contributed by atoms with Crippen LogP contribution >= 0.6 is 11.6 Å². The zero-order valence-electron chi connectivity index (χ0n) is 23.6. The van der Waals surface area contributed by atoms with Crippen LogP contribution in [0, 0.1) is 0 Å². The predicted molar refractivity (Wildman–Crippen MR) is 162 cm³/mol. The van der Waals surface area contributed by atoms with E-state index in [-0.39, 0.29) is 0 Å². The number of likely N-dealkylation sites (N-methyl/N-ethyl adjacent to an activating group) is 1. The molecule has 218 valence electrons. The Morgan fingerprint density at radius 2 is 1.88 bits per heavy atom. The van der Waals surface area contributed by atoms with Gasteiger partial charge >= 0.3 is 6.01 Å². The molecule has 0 radical (unpaired) electrons. The zero-order valence-corrected chi connectivity index (χ0v) is 24.3. The second-order valence-corrected chi connectivity index (χ2v) is 11.6. The van der Waals surface area contributed by atoms with Crippen LogP contribution in [0.15, 0.2) is 48.6 Å². The molecule has 0 spiro atoms. The van der Waals surface area contributed by atoms with E-state index in [0.29, 0.717) is 51.4 Å². The molecule has 41 heavy (non-hydrogen) atoms. The van der Waals surface area contributed by atoms with Crippen molar-refractivity contribution in [2.24, 2.45) is 0 Å². The van der Waals surface area contributed by atoms with E-state index in [2.05, 4.69) is 46.0 Å². The lowest BCUT2D eigenvalue weighted by molar-refractivity contribution is 0.0373. The average Bonchev–Trinajstić information content (AvgIpc) is 3.42. The van der Waals surface area contributed by atoms with E-state index in [0.717, 1.165) is 64.5 Å². The molecule has 2 fully saturated rings. The quantitative estimate of drug-likeness (QED) is 0.396. The molecule has 2 aromatic carbocycles. The Kier molecular flexibility index (Phi) is 8.57. The zero-order chi connectivity index (χ0) is 28.3. The third-order valence-corrected chi connectivity index (χ3v) is 8.97. The molecule has 3 aliphatic heterocycles. The Morgan fingerprint density at radius 1 is 1.07 bits per heavy atom. The van der Waals surface area contributed by atoms with Gasteiger partial charge in [0.15, 0.2) is 0 Å². The van der Waals surface area contributed by atoms with E-state index in [1.165, 1.54) is 18.6 Å². The number of anilines is 2. The van der Waals surface area contributed by atoms with Gasteiger partial charge in [-0.1, -0.05) is 41.9 Å². The van der Waals surface area contributed by atoms with Gasteiger partial charge in [-0.2, -0.15) is 9.97 Å². The van der Waals surface area contributed by atoms with Crippen LogP contribution in [0.5, 0.6) is 6.01 Å². The Balaban J connectivity index is 1.28. The van der Waals surface area contributed by atoms with E-state index >= 15 is 0 Å². The van der Waals surface area contributed by atoms with Gasteiger partial charge in [0.1, 0.15) is 25.3 Å². The summed E-state index contributed by atoms with van der Waals surface area (Å²) in [5.74, 6) is 0.925. The van der Waals surface area contributed by atoms with Crippen LogP contribution in [0.3, 0.4) is 0 Å². The molecule has 2 saturated heterocycles. The highest BCUT2D eigenvalue weighted by atomic mass is 35.5. The Morgan fingerprint density at radius 3 is 2.63 bits per heavy atom. The molecule has 0 bridgehead atoms. The summed E-state index contributed by atoms with van der Waals surface area (Å²) >= 11 is 6.68. The summed E-state index contributed by atoms with van der Waals surface area (Å²) in [7, 11) is 2.14. The maximum atomic E-state index is 12.6. The number of aromatic nitrogens is 2. The van der Waals surface area contributed by atoms with Crippen molar-refractivity contribution in [3.63, 3.8) is 0 Å². The number of ether oxygens (including phenoxy) is 1. The molecule has 3 aliphatic rings. The third kappa shape index (κ3) is 6.00. The number of likely N-dealkylation sites (tertiary alicyclic amines) is 1. The fraction of sp³-hybridized carbons (Fsp3) is 0.484. The second kappa shape index (κ2) is 12.5. The molecule has 8 nitrogen and oxygen atoms in total. The molecule has 0 saturated carbocycles. The van der Waals surface area contributed by atoms with Gasteiger partial charge in [-0.25, -0.2) is 4.39 Å². The minimum absolute atomic E-state index is 0.370. The summed E-state index contributed by atoms with van der Waals surface area (Å²) in [6.45, 7) is 5.26. The number of rotatable bonds is 8. The number of hydrogen-bond acceptors (Lipinski definition) is 8. The molecule has 4 heterocycles. The van der Waals surface area contributed by atoms with Crippen molar-refractivity contribution < 1.29 is 14.2 Å². The van der Waals surface area contributed by atoms with E-state index in [9.17, 15) is 9.50 Å². The van der Waals surface area contributed by atoms with Crippen LogP contribution in [0.4, 0.5) is 15.9 Å². The maximum absolute atomic E-state index is 12.6. The van der Waals surface area contributed by atoms with Crippen molar-refractivity contribution >= 4 is 33.9 Å². The number of halogens is 2. The van der Waals surface area contributed by atoms with Gasteiger partial charge in [0.25, 0.3) is 0 Å². The summed E-state index contributed by atoms with van der Waals surface area (Å²) in [5, 5.41) is 13.3. The Hall–Kier alpha value is -2.98. The summed E-state index contributed by atoms with van der Waals surface area (Å²) in [6, 6.07) is 13.1. The van der Waals surface area contributed by atoms with Gasteiger partial charge in [0, 0.05) is 55.4 Å². The molecule has 0 amide bonds. The van der Waals surface area contributed by atoms with Gasteiger partial charge in [0.2, 0.25) is 0 Å². The van der Waals surface area contributed by atoms with Crippen LogP contribution in [0.2, 0.25) is 5.02 Å². The smallest absolute Gasteiger partial charge is 0.318 e. The van der Waals surface area contributed by atoms with Crippen LogP contribution in [0.25, 0.3) is 10.8 Å². The molecule has 1 unspecified atom stereocenters. The molecule has 2 atom stereocenters. The van der Waals surface area contributed by atoms with Crippen molar-refractivity contribution in [1.29, 1.82) is 0 Å². The van der Waals surface area contributed by atoms with Crippen LogP contribution in [-0.4, -0.2) is 96.7 Å². The molecule has 0 aliphatic carbocycles. The molecule has 1 N–H and O–H groups in total. The first-order valence-electron chi connectivity index (χ1n) is 14.6. The minimum Gasteiger partial charge on any atom is -0.462 e. The fourth-order valence-corrected chi connectivity index (χ4v) is 6.59. The van der Waals surface area contributed by atoms with Crippen molar-refractivity contribution in [3.05, 3.63) is 64.8 Å². The van der Waals surface area contributed by atoms with E-state index < -0.39 is 12.9 Å². The van der Waals surface area contributed by atoms with E-state index in [4.69, 9.17) is 26.3 Å². The topological polar surface area (TPSA) is 68.2 Å². The predicted octanol–water partition coefficient (Wildman–Crippen LogP) is 4.29. The second-order valence-electron chi connectivity index (χ2n) is 11.1. The SMILES string of the molecule is CN1CCC[C@H]1COc1nc2c(c(N3CCN(C(O)/C=C/CF)CC3)n1)CCN(c1cccc3cccc(Cl)c13)C2. The number of hydrogen-bond donors (Lipinski definition) is 1. The number of alkyl halides is 1. The van der Waals surface area contributed by atoms with Gasteiger partial charge in [-0.05, 0) is 56.4 Å². The van der Waals surface area contributed by atoms with Gasteiger partial charge in [-0.3, -0.25) is 4.90 Å². The lowest BCUT2D eigenvalue weighted by Crippen LogP contribution is -2.50. The molecule has 1 aromatic heterocycles. The van der Waals surface area contributed by atoms with Crippen LogP contribution in [-0.2, 0) is 13.0 Å². The summed E-state index contributed by atoms with van der Waals surface area (Å²) in [6.07, 6.45) is 5.20. The molecule has 3 aromatic rings. The first-order valence-corrected chi connectivity index (χ1v) is 14.9. The minimum atomic E-state index is -0.782. The van der Waals surface area contributed by atoms with Gasteiger partial charge in [0.05, 0.1) is 17.3 Å². The molecular formula is C31H38ClFN6O2. The maximum Gasteiger partial charge on any atom is 0.318 e. The lowest BCUT2D eigenvalue weighted by atomic mass is 10.0. The van der Waals surface area contributed by atoms with Gasteiger partial charge in [-0.15, -0.1) is 0 Å². The lowest BCUT2D eigenvalue weighted by Gasteiger charge is -2.39. The number of benzene rings is 2. The summed E-state index contributed by atoms with van der Waals surface area (Å²) in [4.78, 5) is 18.9.